The summed E-state index contributed by atoms with van der Waals surface area (Å²) in [5, 5.41) is 8.12. The summed E-state index contributed by atoms with van der Waals surface area (Å²) < 4.78 is 33.0. The number of sulfonamides is 1. The van der Waals surface area contributed by atoms with Crippen LogP contribution in [0.3, 0.4) is 0 Å². The molecular weight excluding hydrogens is 396 g/mol. The Morgan fingerprint density at radius 3 is 2.48 bits per heavy atom. The number of amides is 1. The van der Waals surface area contributed by atoms with E-state index in [2.05, 4.69) is 5.32 Å². The molecule has 8 nitrogen and oxygen atoms in total. The normalized spacial score (nSPS) is 11.0. The average molecular weight is 413 g/mol. The first kappa shape index (κ1) is 20.7. The first-order chi connectivity index (χ1) is 12.6. The van der Waals surface area contributed by atoms with Gasteiger partial charge in [-0.2, -0.15) is 0 Å². The van der Waals surface area contributed by atoms with Gasteiger partial charge >= 0.3 is 5.97 Å². The second-order valence-corrected chi connectivity index (χ2v) is 7.44. The molecule has 2 aromatic carbocycles. The van der Waals surface area contributed by atoms with E-state index in [0.717, 1.165) is 11.6 Å². The molecule has 27 heavy (non-hydrogen) atoms. The molecular formula is C17H17ClN2O6S. The van der Waals surface area contributed by atoms with Crippen molar-refractivity contribution in [1.82, 2.24) is 0 Å². The molecule has 3 N–H and O–H groups in total. The smallest absolute Gasteiger partial charge is 0.338 e. The minimum Gasteiger partial charge on any atom is -0.495 e. The van der Waals surface area contributed by atoms with Crippen molar-refractivity contribution in [3.05, 3.63) is 52.5 Å². The van der Waals surface area contributed by atoms with E-state index in [-0.39, 0.29) is 16.2 Å². The summed E-state index contributed by atoms with van der Waals surface area (Å²) in [6.07, 6.45) is 0. The fraction of sp³-hybridized carbons (Fsp3) is 0.176. The Kier molecular flexibility index (Phi) is 6.42. The zero-order valence-corrected chi connectivity index (χ0v) is 16.1. The molecule has 0 radical (unpaired) electrons. The lowest BCUT2D eigenvalue weighted by Gasteiger charge is -2.10. The Hall–Kier alpha value is -2.62. The zero-order chi connectivity index (χ0) is 20.2. The standard InChI is InChI=1S/C17H17ClN2O6S/c1-10-3-5-12(8-13(10)18)20-16(21)9-26-17(22)11-4-6-14(25-2)15(7-11)27(19,23)24/h3-8H,9H2,1-2H3,(H,20,21)(H2,19,23,24). The number of ether oxygens (including phenoxy) is 2. The molecule has 0 aliphatic rings. The van der Waals surface area contributed by atoms with Crippen LogP contribution in [0.15, 0.2) is 41.3 Å². The van der Waals surface area contributed by atoms with Gasteiger partial charge in [-0.05, 0) is 42.8 Å². The topological polar surface area (TPSA) is 125 Å². The van der Waals surface area contributed by atoms with Gasteiger partial charge in [0.2, 0.25) is 10.0 Å². The number of methoxy groups -OCH3 is 1. The number of aryl methyl sites for hydroxylation is 1. The maximum Gasteiger partial charge on any atom is 0.338 e. The van der Waals surface area contributed by atoms with E-state index in [9.17, 15) is 18.0 Å². The van der Waals surface area contributed by atoms with E-state index >= 15 is 0 Å². The molecule has 0 unspecified atom stereocenters. The number of hydrogen-bond acceptors (Lipinski definition) is 6. The number of rotatable bonds is 6. The van der Waals surface area contributed by atoms with Crippen LogP contribution in [0.4, 0.5) is 5.69 Å². The van der Waals surface area contributed by atoms with Crippen LogP contribution in [0.2, 0.25) is 5.02 Å². The first-order valence-electron chi connectivity index (χ1n) is 7.56. The number of primary sulfonamides is 1. The van der Waals surface area contributed by atoms with Crippen LogP contribution in [0, 0.1) is 6.92 Å². The quantitative estimate of drug-likeness (QED) is 0.700. The van der Waals surface area contributed by atoms with Crippen molar-refractivity contribution in [3.8, 4) is 5.75 Å². The SMILES string of the molecule is COc1ccc(C(=O)OCC(=O)Nc2ccc(C)c(Cl)c2)cc1S(N)(=O)=O. The van der Waals surface area contributed by atoms with E-state index in [1.54, 1.807) is 18.2 Å². The molecule has 0 heterocycles. The van der Waals surface area contributed by atoms with E-state index in [4.69, 9.17) is 26.2 Å². The highest BCUT2D eigenvalue weighted by Gasteiger charge is 2.19. The van der Waals surface area contributed by atoms with Crippen molar-refractivity contribution >= 4 is 39.2 Å². The van der Waals surface area contributed by atoms with Crippen molar-refractivity contribution in [2.75, 3.05) is 19.0 Å². The van der Waals surface area contributed by atoms with Crippen LogP contribution in [0.25, 0.3) is 0 Å². The molecule has 0 saturated heterocycles. The predicted octanol–water partition coefficient (Wildman–Crippen LogP) is 2.10. The molecule has 1 amide bonds. The summed E-state index contributed by atoms with van der Waals surface area (Å²) in [5.74, 6) is -1.48. The highest BCUT2D eigenvalue weighted by atomic mass is 35.5. The van der Waals surface area contributed by atoms with Gasteiger partial charge in [0.15, 0.2) is 6.61 Å². The van der Waals surface area contributed by atoms with Crippen LogP contribution in [-0.4, -0.2) is 34.0 Å². The molecule has 0 aliphatic carbocycles. The number of nitrogens with one attached hydrogen (secondary N) is 1. The molecule has 0 aromatic heterocycles. The second kappa shape index (κ2) is 8.38. The Morgan fingerprint density at radius 1 is 1.19 bits per heavy atom. The fourth-order valence-electron chi connectivity index (χ4n) is 2.11. The number of esters is 1. The maximum atomic E-state index is 12.1. The minimum absolute atomic E-state index is 0.0111. The monoisotopic (exact) mass is 412 g/mol. The highest BCUT2D eigenvalue weighted by molar-refractivity contribution is 7.89. The molecule has 2 rings (SSSR count). The van der Waals surface area contributed by atoms with Gasteiger partial charge in [-0.3, -0.25) is 4.79 Å². The molecule has 144 valence electrons. The Balaban J connectivity index is 2.04. The third-order valence-corrected chi connectivity index (χ3v) is 4.84. The van der Waals surface area contributed by atoms with Crippen LogP contribution >= 0.6 is 11.6 Å². The second-order valence-electron chi connectivity index (χ2n) is 5.50. The Labute approximate surface area is 161 Å². The molecule has 0 saturated carbocycles. The third-order valence-electron chi connectivity index (χ3n) is 3.50. The van der Waals surface area contributed by atoms with Gasteiger partial charge in [0.25, 0.3) is 5.91 Å². The van der Waals surface area contributed by atoms with E-state index in [1.807, 2.05) is 6.92 Å². The largest absolute Gasteiger partial charge is 0.495 e. The van der Waals surface area contributed by atoms with Gasteiger partial charge in [-0.15, -0.1) is 0 Å². The van der Waals surface area contributed by atoms with E-state index in [0.29, 0.717) is 10.7 Å². The number of benzene rings is 2. The third kappa shape index (κ3) is 5.43. The molecule has 0 atom stereocenters. The first-order valence-corrected chi connectivity index (χ1v) is 9.48. The summed E-state index contributed by atoms with van der Waals surface area (Å²) in [4.78, 5) is 23.6. The van der Waals surface area contributed by atoms with Crippen LogP contribution < -0.4 is 15.2 Å². The van der Waals surface area contributed by atoms with Gasteiger partial charge < -0.3 is 14.8 Å². The summed E-state index contributed by atoms with van der Waals surface area (Å²) >= 11 is 5.97. The lowest BCUT2D eigenvalue weighted by atomic mass is 10.2. The van der Waals surface area contributed by atoms with Crippen LogP contribution in [0.1, 0.15) is 15.9 Å². The van der Waals surface area contributed by atoms with Gasteiger partial charge in [-0.25, -0.2) is 18.4 Å². The van der Waals surface area contributed by atoms with Crippen molar-refractivity contribution in [3.63, 3.8) is 0 Å². The lowest BCUT2D eigenvalue weighted by Crippen LogP contribution is -2.21. The molecule has 0 aliphatic heterocycles. The van der Waals surface area contributed by atoms with Crippen molar-refractivity contribution < 1.29 is 27.5 Å². The number of nitrogens with two attached hydrogens (primary N) is 1. The van der Waals surface area contributed by atoms with Crippen molar-refractivity contribution in [1.29, 1.82) is 0 Å². The van der Waals surface area contributed by atoms with E-state index in [1.165, 1.54) is 19.2 Å². The van der Waals surface area contributed by atoms with Crippen LogP contribution in [-0.2, 0) is 19.6 Å². The van der Waals surface area contributed by atoms with Gasteiger partial charge in [0, 0.05) is 10.7 Å². The summed E-state index contributed by atoms with van der Waals surface area (Å²) in [7, 11) is -2.84. The predicted molar refractivity (Wildman–Crippen MR) is 99.5 cm³/mol. The Morgan fingerprint density at radius 2 is 1.89 bits per heavy atom. The zero-order valence-electron chi connectivity index (χ0n) is 14.5. The van der Waals surface area contributed by atoms with Crippen LogP contribution in [0.5, 0.6) is 5.75 Å². The molecule has 2 aromatic rings. The molecule has 0 spiro atoms. The van der Waals surface area contributed by atoms with Crippen molar-refractivity contribution in [2.24, 2.45) is 5.14 Å². The van der Waals surface area contributed by atoms with Gasteiger partial charge in [0.1, 0.15) is 10.6 Å². The summed E-state index contributed by atoms with van der Waals surface area (Å²) in [6.45, 7) is 1.25. The van der Waals surface area contributed by atoms with Crippen molar-refractivity contribution in [2.45, 2.75) is 11.8 Å². The average Bonchev–Trinajstić information content (AvgIpc) is 2.61. The van der Waals surface area contributed by atoms with Gasteiger partial charge in [0.05, 0.1) is 12.7 Å². The fourth-order valence-corrected chi connectivity index (χ4v) is 3.01. The maximum absolute atomic E-state index is 12.1. The Bertz CT molecular complexity index is 991. The minimum atomic E-state index is -4.11. The number of hydrogen-bond donors (Lipinski definition) is 2. The van der Waals surface area contributed by atoms with E-state index < -0.39 is 28.5 Å². The molecule has 10 heteroatoms. The summed E-state index contributed by atoms with van der Waals surface area (Å²) in [5.41, 5.74) is 1.21. The molecule has 0 fully saturated rings. The lowest BCUT2D eigenvalue weighted by molar-refractivity contribution is -0.119. The molecule has 0 bridgehead atoms. The highest BCUT2D eigenvalue weighted by Crippen LogP contribution is 2.24. The number of halogens is 1. The number of carbonyl (C=O) groups excluding carboxylic acids is 2. The van der Waals surface area contributed by atoms with Gasteiger partial charge in [-0.1, -0.05) is 17.7 Å². The number of carbonyl (C=O) groups is 2. The number of anilines is 1. The summed E-state index contributed by atoms with van der Waals surface area (Å²) in [6, 6.07) is 8.55.